The van der Waals surface area contributed by atoms with Crippen LogP contribution in [0.15, 0.2) is 12.1 Å². The second-order valence-electron chi connectivity index (χ2n) is 5.18. The Balaban J connectivity index is 1.99. The molecule has 20 heavy (non-hydrogen) atoms. The fourth-order valence-electron chi connectivity index (χ4n) is 2.58. The first-order valence-electron chi connectivity index (χ1n) is 7.02. The summed E-state index contributed by atoms with van der Waals surface area (Å²) in [4.78, 5) is 0. The highest BCUT2D eigenvalue weighted by atomic mass is 19.1. The quantitative estimate of drug-likeness (QED) is 0.902. The molecule has 1 fully saturated rings. The van der Waals surface area contributed by atoms with Gasteiger partial charge >= 0.3 is 0 Å². The number of hydrogen-bond acceptors (Lipinski definition) is 3. The molecule has 1 aromatic carbocycles. The number of hydrogen-bond donors (Lipinski definition) is 1. The van der Waals surface area contributed by atoms with Crippen molar-refractivity contribution in [3.05, 3.63) is 29.3 Å². The monoisotopic (exact) mass is 285 g/mol. The normalized spacial score (nSPS) is 20.7. The largest absolute Gasteiger partial charge is 0.497 e. The van der Waals surface area contributed by atoms with Crippen molar-refractivity contribution in [2.75, 3.05) is 13.7 Å². The van der Waals surface area contributed by atoms with E-state index in [1.54, 1.807) is 0 Å². The van der Waals surface area contributed by atoms with Gasteiger partial charge in [0, 0.05) is 30.3 Å². The van der Waals surface area contributed by atoms with Crippen molar-refractivity contribution >= 4 is 0 Å². The van der Waals surface area contributed by atoms with Gasteiger partial charge in [-0.3, -0.25) is 0 Å². The average Bonchev–Trinajstić information content (AvgIpc) is 2.45. The zero-order valence-corrected chi connectivity index (χ0v) is 11.7. The van der Waals surface area contributed by atoms with Crippen molar-refractivity contribution in [1.29, 1.82) is 0 Å². The molecule has 0 aromatic heterocycles. The highest BCUT2D eigenvalue weighted by Crippen LogP contribution is 2.28. The van der Waals surface area contributed by atoms with Crippen LogP contribution in [0.4, 0.5) is 8.78 Å². The lowest BCUT2D eigenvalue weighted by Gasteiger charge is -2.24. The molecule has 0 amide bonds. The fourth-order valence-corrected chi connectivity index (χ4v) is 2.58. The molecule has 1 aliphatic rings. The molecule has 0 spiro atoms. The fraction of sp³-hybridized carbons (Fsp3) is 0.600. The van der Waals surface area contributed by atoms with E-state index >= 15 is 0 Å². The molecule has 1 heterocycles. The van der Waals surface area contributed by atoms with Crippen LogP contribution in [0.1, 0.15) is 43.7 Å². The van der Waals surface area contributed by atoms with Crippen LogP contribution in [0, 0.1) is 11.6 Å². The summed E-state index contributed by atoms with van der Waals surface area (Å²) in [5, 5.41) is 0. The van der Waals surface area contributed by atoms with Crippen molar-refractivity contribution in [3.8, 4) is 5.75 Å². The van der Waals surface area contributed by atoms with Crippen molar-refractivity contribution in [3.63, 3.8) is 0 Å². The van der Waals surface area contributed by atoms with Crippen LogP contribution in [-0.4, -0.2) is 19.8 Å². The van der Waals surface area contributed by atoms with Crippen molar-refractivity contribution < 1.29 is 18.3 Å². The van der Waals surface area contributed by atoms with Gasteiger partial charge in [-0.1, -0.05) is 0 Å². The first kappa shape index (κ1) is 15.2. The van der Waals surface area contributed by atoms with E-state index in [0.29, 0.717) is 6.42 Å². The van der Waals surface area contributed by atoms with Gasteiger partial charge in [-0.2, -0.15) is 0 Å². The Morgan fingerprint density at radius 3 is 2.60 bits per heavy atom. The number of benzene rings is 1. The average molecular weight is 285 g/mol. The number of methoxy groups -OCH3 is 1. The SMILES string of the molecule is COc1cc(F)c(C(N)CCC2CCCCO2)c(F)c1. The number of nitrogens with two attached hydrogens (primary N) is 1. The maximum Gasteiger partial charge on any atom is 0.134 e. The van der Waals surface area contributed by atoms with Crippen LogP contribution in [0.3, 0.4) is 0 Å². The van der Waals surface area contributed by atoms with Gasteiger partial charge in [-0.25, -0.2) is 8.78 Å². The summed E-state index contributed by atoms with van der Waals surface area (Å²) in [6, 6.07) is 1.66. The first-order valence-corrected chi connectivity index (χ1v) is 7.02. The molecular formula is C15H21F2NO2. The van der Waals surface area contributed by atoms with Crippen molar-refractivity contribution in [2.24, 2.45) is 5.73 Å². The van der Waals surface area contributed by atoms with Gasteiger partial charge in [0.2, 0.25) is 0 Å². The summed E-state index contributed by atoms with van der Waals surface area (Å²) < 4.78 is 38.2. The van der Waals surface area contributed by atoms with E-state index in [4.69, 9.17) is 15.2 Å². The summed E-state index contributed by atoms with van der Waals surface area (Å²) in [5.74, 6) is -1.15. The first-order chi connectivity index (χ1) is 9.61. The van der Waals surface area contributed by atoms with E-state index in [0.717, 1.165) is 44.4 Å². The lowest BCUT2D eigenvalue weighted by atomic mass is 9.97. The molecule has 0 radical (unpaired) electrons. The molecule has 1 saturated heterocycles. The maximum absolute atomic E-state index is 13.9. The summed E-state index contributed by atoms with van der Waals surface area (Å²) in [7, 11) is 1.37. The van der Waals surface area contributed by atoms with Gasteiger partial charge in [-0.05, 0) is 32.1 Å². The molecule has 2 rings (SSSR count). The highest BCUT2D eigenvalue weighted by Gasteiger charge is 2.21. The smallest absolute Gasteiger partial charge is 0.134 e. The van der Waals surface area contributed by atoms with E-state index in [9.17, 15) is 8.78 Å². The third kappa shape index (κ3) is 3.67. The lowest BCUT2D eigenvalue weighted by Crippen LogP contribution is -2.22. The Bertz CT molecular complexity index is 424. The van der Waals surface area contributed by atoms with Crippen LogP contribution >= 0.6 is 0 Å². The summed E-state index contributed by atoms with van der Waals surface area (Å²) in [5.41, 5.74) is 5.86. The Hall–Kier alpha value is -1.20. The molecule has 1 aliphatic heterocycles. The van der Waals surface area contributed by atoms with E-state index in [1.807, 2.05) is 0 Å². The molecule has 1 aromatic rings. The molecule has 0 bridgehead atoms. The molecule has 112 valence electrons. The van der Waals surface area contributed by atoms with Crippen molar-refractivity contribution in [1.82, 2.24) is 0 Å². The Morgan fingerprint density at radius 2 is 2.05 bits per heavy atom. The second kappa shape index (κ2) is 6.99. The minimum absolute atomic E-state index is 0.0680. The van der Waals surface area contributed by atoms with Crippen LogP contribution in [-0.2, 0) is 4.74 Å². The minimum Gasteiger partial charge on any atom is -0.497 e. The Labute approximate surface area is 118 Å². The lowest BCUT2D eigenvalue weighted by molar-refractivity contribution is 0.00902. The summed E-state index contributed by atoms with van der Waals surface area (Å²) in [6.45, 7) is 0.769. The summed E-state index contributed by atoms with van der Waals surface area (Å²) in [6.07, 6.45) is 4.63. The predicted molar refractivity (Wildman–Crippen MR) is 72.7 cm³/mol. The predicted octanol–water partition coefficient (Wildman–Crippen LogP) is 3.32. The van der Waals surface area contributed by atoms with Gasteiger partial charge in [-0.15, -0.1) is 0 Å². The van der Waals surface area contributed by atoms with Gasteiger partial charge in [0.15, 0.2) is 0 Å². The molecular weight excluding hydrogens is 264 g/mol. The Kier molecular flexibility index (Phi) is 5.31. The summed E-state index contributed by atoms with van der Waals surface area (Å²) >= 11 is 0. The third-order valence-electron chi connectivity index (χ3n) is 3.73. The van der Waals surface area contributed by atoms with Gasteiger partial charge in [0.05, 0.1) is 13.2 Å². The van der Waals surface area contributed by atoms with Gasteiger partial charge < -0.3 is 15.2 Å². The van der Waals surface area contributed by atoms with E-state index < -0.39 is 17.7 Å². The van der Waals surface area contributed by atoms with Crippen molar-refractivity contribution in [2.45, 2.75) is 44.2 Å². The molecule has 2 atom stereocenters. The molecule has 0 aliphatic carbocycles. The van der Waals surface area contributed by atoms with E-state index in [-0.39, 0.29) is 17.4 Å². The molecule has 3 nitrogen and oxygen atoms in total. The van der Waals surface area contributed by atoms with Crippen LogP contribution in [0.5, 0.6) is 5.75 Å². The second-order valence-corrected chi connectivity index (χ2v) is 5.18. The number of rotatable bonds is 5. The minimum atomic E-state index is -0.661. The van der Waals surface area contributed by atoms with Crippen LogP contribution in [0.2, 0.25) is 0 Å². The maximum atomic E-state index is 13.9. The van der Waals surface area contributed by atoms with Gasteiger partial charge in [0.1, 0.15) is 17.4 Å². The van der Waals surface area contributed by atoms with E-state index in [1.165, 1.54) is 7.11 Å². The zero-order valence-electron chi connectivity index (χ0n) is 11.7. The number of halogens is 2. The topological polar surface area (TPSA) is 44.5 Å². The van der Waals surface area contributed by atoms with Crippen LogP contribution < -0.4 is 10.5 Å². The molecule has 2 N–H and O–H groups in total. The standard InChI is InChI=1S/C15H21F2NO2/c1-19-11-8-12(16)15(13(17)9-11)14(18)6-5-10-4-2-3-7-20-10/h8-10,14H,2-7,18H2,1H3. The Morgan fingerprint density at radius 1 is 1.35 bits per heavy atom. The van der Waals surface area contributed by atoms with Crippen LogP contribution in [0.25, 0.3) is 0 Å². The third-order valence-corrected chi connectivity index (χ3v) is 3.73. The van der Waals surface area contributed by atoms with E-state index in [2.05, 4.69) is 0 Å². The van der Waals surface area contributed by atoms with Gasteiger partial charge in [0.25, 0.3) is 0 Å². The molecule has 2 unspecified atom stereocenters. The zero-order chi connectivity index (χ0) is 14.5. The molecule has 0 saturated carbocycles. The number of ether oxygens (including phenoxy) is 2. The molecule has 5 heteroatoms. The highest BCUT2D eigenvalue weighted by molar-refractivity contribution is 5.32.